The first-order valence-corrected chi connectivity index (χ1v) is 7.22. The van der Waals surface area contributed by atoms with E-state index in [0.29, 0.717) is 0 Å². The molecule has 0 N–H and O–H groups in total. The first-order chi connectivity index (χ1) is 5.20. The topological polar surface area (TPSA) is 208 Å². The van der Waals surface area contributed by atoms with E-state index < -0.39 is 44.4 Å². The Bertz CT molecular complexity index is 43.4. The molecule has 0 fully saturated rings. The van der Waals surface area contributed by atoms with E-state index in [1.54, 1.807) is 0 Å². The van der Waals surface area contributed by atoms with E-state index in [-0.39, 0.29) is 36.9 Å². The van der Waals surface area contributed by atoms with Crippen LogP contribution < -0.4 is 37.8 Å². The summed E-state index contributed by atoms with van der Waals surface area (Å²) in [6.45, 7) is 0. The molecule has 0 aliphatic carbocycles. The normalized spacial score (nSPS) is 8.31. The van der Waals surface area contributed by atoms with Crippen molar-refractivity contribution in [3.8, 4) is 0 Å². The van der Waals surface area contributed by atoms with Gasteiger partial charge in [0.2, 0.25) is 44.4 Å². The van der Waals surface area contributed by atoms with E-state index in [0.717, 1.165) is 0 Å². The summed E-state index contributed by atoms with van der Waals surface area (Å²) < 4.78 is 76.7. The van der Waals surface area contributed by atoms with Crippen molar-refractivity contribution in [1.82, 2.24) is 0 Å². The molecule has 0 aromatic rings. The van der Waals surface area contributed by atoms with Crippen LogP contribution in [-0.2, 0) is 0 Å². The molecule has 0 aromatic carbocycles. The summed E-state index contributed by atoms with van der Waals surface area (Å²) in [4.78, 5) is 0. The second-order valence-electron chi connectivity index (χ2n) is 0.567. The van der Waals surface area contributed by atoms with Gasteiger partial charge < -0.3 is 37.8 Å². The van der Waals surface area contributed by atoms with Gasteiger partial charge in [-0.15, -0.1) is 0 Å². The molecule has 0 bridgehead atoms. The van der Waals surface area contributed by atoms with E-state index in [4.69, 9.17) is 37.8 Å². The number of hydrogen-bond acceptors (Lipinski definition) is 9. The molecule has 1 radical (unpaired) electrons. The molecular formula is Br3O9Tm-3. The van der Waals surface area contributed by atoms with Crippen LogP contribution in [0.4, 0.5) is 0 Å². The molecule has 91 valence electrons. The summed E-state index contributed by atoms with van der Waals surface area (Å²) in [5, 5.41) is 0. The van der Waals surface area contributed by atoms with Crippen LogP contribution in [0.15, 0.2) is 0 Å². The smallest absolute Gasteiger partial charge is 0.216 e. The molecule has 13 heavy (non-hydrogen) atoms. The van der Waals surface area contributed by atoms with E-state index in [2.05, 4.69) is 0 Å². The molecule has 0 aliphatic rings. The van der Waals surface area contributed by atoms with Gasteiger partial charge in [-0.3, -0.25) is 0 Å². The molecule has 0 unspecified atom stereocenters. The van der Waals surface area contributed by atoms with Crippen molar-refractivity contribution >= 4 is 0 Å². The Morgan fingerprint density at radius 1 is 0.385 bits per heavy atom. The summed E-state index contributed by atoms with van der Waals surface area (Å²) >= 11 is -10.9. The van der Waals surface area contributed by atoms with Crippen molar-refractivity contribution in [2.75, 3.05) is 0 Å². The monoisotopic (exact) mass is 550 g/mol. The van der Waals surface area contributed by atoms with Crippen LogP contribution in [0.25, 0.3) is 0 Å². The summed E-state index contributed by atoms with van der Waals surface area (Å²) in [6, 6.07) is 0. The Kier molecular flexibility index (Phi) is 37.4. The second-order valence-corrected chi connectivity index (χ2v) is 2.95. The third-order valence-corrected chi connectivity index (χ3v) is 0. The van der Waals surface area contributed by atoms with Crippen molar-refractivity contribution in [1.29, 1.82) is 0 Å². The fraction of sp³-hybridized carbons (Fsp3) is 0. The average molecular weight is 553 g/mol. The van der Waals surface area contributed by atoms with Crippen LogP contribution in [0.1, 0.15) is 0 Å². The minimum absolute atomic E-state index is 0. The first-order valence-electron chi connectivity index (χ1n) is 1.39. The predicted octanol–water partition coefficient (Wildman–Crippen LogP) is -10.7. The zero-order valence-corrected chi connectivity index (χ0v) is 11.6. The van der Waals surface area contributed by atoms with E-state index in [1.807, 2.05) is 0 Å². The Morgan fingerprint density at radius 2 is 0.385 bits per heavy atom. The maximum absolute atomic E-state index is 8.52. The van der Waals surface area contributed by atoms with Crippen LogP contribution in [0.5, 0.6) is 0 Å². The molecule has 13 heteroatoms. The van der Waals surface area contributed by atoms with Gasteiger partial charge in [-0.05, 0) is 0 Å². The second kappa shape index (κ2) is 19.8. The van der Waals surface area contributed by atoms with Crippen LogP contribution in [0, 0.1) is 81.3 Å². The maximum Gasteiger partial charge on any atom is 0.216 e. The minimum atomic E-state index is -3.65. The fourth-order valence-corrected chi connectivity index (χ4v) is 0. The zero-order chi connectivity index (χ0) is 10.7. The zero-order valence-electron chi connectivity index (χ0n) is 5.09. The van der Waals surface area contributed by atoms with Crippen molar-refractivity contribution in [3.63, 3.8) is 0 Å². The quantitative estimate of drug-likeness (QED) is 0.279. The number of halogens is 3. The van der Waals surface area contributed by atoms with Crippen molar-refractivity contribution in [2.24, 2.45) is 0 Å². The van der Waals surface area contributed by atoms with Crippen LogP contribution in [-0.4, -0.2) is 0 Å². The van der Waals surface area contributed by atoms with Gasteiger partial charge in [-0.2, -0.15) is 0 Å². The molecule has 0 saturated heterocycles. The van der Waals surface area contributed by atoms with Crippen molar-refractivity contribution < 1.29 is 119 Å². The Hall–Kier alpha value is 2.31. The van der Waals surface area contributed by atoms with E-state index in [1.165, 1.54) is 0 Å². The van der Waals surface area contributed by atoms with Gasteiger partial charge in [0.15, 0.2) is 0 Å². The molecule has 0 rings (SSSR count). The maximum atomic E-state index is 8.52. The SMILES string of the molecule is [O-][Br+2]([O-])[O-].[O-][Br+2]([O-])[O-].[O-][Br+2]([O-])[O-].[Tm]. The number of hydrogen-bond donors (Lipinski definition) is 0. The van der Waals surface area contributed by atoms with E-state index in [9.17, 15) is 0 Å². The van der Waals surface area contributed by atoms with Crippen LogP contribution in [0.2, 0.25) is 0 Å². The summed E-state index contributed by atoms with van der Waals surface area (Å²) in [5.41, 5.74) is 0. The summed E-state index contributed by atoms with van der Waals surface area (Å²) in [6.07, 6.45) is 0. The van der Waals surface area contributed by atoms with Gasteiger partial charge in [-0.1, -0.05) is 0 Å². The third-order valence-electron chi connectivity index (χ3n) is 0. The number of rotatable bonds is 0. The Morgan fingerprint density at radius 3 is 0.385 bits per heavy atom. The Labute approximate surface area is 118 Å². The molecule has 0 saturated carbocycles. The molecule has 0 amide bonds. The third kappa shape index (κ3) is 405. The molecule has 0 spiro atoms. The van der Waals surface area contributed by atoms with Gasteiger partial charge in [0.25, 0.3) is 0 Å². The first kappa shape index (κ1) is 24.5. The fourth-order valence-electron chi connectivity index (χ4n) is 0. The van der Waals surface area contributed by atoms with Gasteiger partial charge in [0.05, 0.1) is 0 Å². The molecule has 0 aliphatic heterocycles. The molecular weight excluding hydrogens is 553 g/mol. The van der Waals surface area contributed by atoms with Crippen molar-refractivity contribution in [2.45, 2.75) is 0 Å². The van der Waals surface area contributed by atoms with Gasteiger partial charge >= 0.3 is 0 Å². The molecule has 0 heterocycles. The van der Waals surface area contributed by atoms with Gasteiger partial charge in [0, 0.05) is 36.9 Å². The minimum Gasteiger partial charge on any atom is -0.405 e. The summed E-state index contributed by atoms with van der Waals surface area (Å²) in [7, 11) is 0. The predicted molar refractivity (Wildman–Crippen MR) is 0 cm³/mol. The largest absolute Gasteiger partial charge is 0.405 e. The standard InChI is InChI=1S/3BrO3.Tm/c3*2-1(3)4;/q3*-1;. The van der Waals surface area contributed by atoms with Crippen molar-refractivity contribution in [3.05, 3.63) is 0 Å². The molecule has 9 nitrogen and oxygen atoms in total. The van der Waals surface area contributed by atoms with Crippen LogP contribution >= 0.6 is 0 Å². The summed E-state index contributed by atoms with van der Waals surface area (Å²) in [5.74, 6) is 0. The average Bonchev–Trinajstić information content (AvgIpc) is 1.54. The van der Waals surface area contributed by atoms with E-state index >= 15 is 0 Å². The van der Waals surface area contributed by atoms with Gasteiger partial charge in [0.1, 0.15) is 0 Å². The Balaban J connectivity index is -0.0000000450. The molecule has 0 aromatic heterocycles. The van der Waals surface area contributed by atoms with Gasteiger partial charge in [-0.25, -0.2) is 0 Å². The van der Waals surface area contributed by atoms with Crippen LogP contribution in [0.3, 0.4) is 0 Å². The molecule has 0 atom stereocenters.